The van der Waals surface area contributed by atoms with Crippen LogP contribution in [-0.4, -0.2) is 34.2 Å². The van der Waals surface area contributed by atoms with Crippen LogP contribution in [0.25, 0.3) is 4.91 Å². The molecule has 0 amide bonds. The number of thioether (sulfide) groups is 1. The van der Waals surface area contributed by atoms with Crippen LogP contribution in [0.5, 0.6) is 0 Å². The van der Waals surface area contributed by atoms with Crippen molar-refractivity contribution in [3.05, 3.63) is 53.9 Å². The number of ether oxygens (including phenoxy) is 1. The number of aldehydes is 1. The van der Waals surface area contributed by atoms with Crippen LogP contribution in [-0.2, 0) is 14.3 Å². The summed E-state index contributed by atoms with van der Waals surface area (Å²) in [6, 6.07) is 5.74. The van der Waals surface area contributed by atoms with Crippen LogP contribution < -0.4 is 4.90 Å². The van der Waals surface area contributed by atoms with E-state index in [1.807, 2.05) is 0 Å². The van der Waals surface area contributed by atoms with Gasteiger partial charge < -0.3 is 14.5 Å². The summed E-state index contributed by atoms with van der Waals surface area (Å²) in [6.45, 7) is 1.90. The number of rotatable bonds is 5. The molecular weight excluding hydrogens is 333 g/mol. The molecule has 1 N–H and O–H groups in total. The summed E-state index contributed by atoms with van der Waals surface area (Å²) in [5, 5.41) is -0.648. The lowest BCUT2D eigenvalue weighted by atomic mass is 10.1. The zero-order chi connectivity index (χ0) is 17.1. The van der Waals surface area contributed by atoms with Gasteiger partial charge in [0.05, 0.1) is 19.1 Å². The molecule has 2 aromatic rings. The van der Waals surface area contributed by atoms with E-state index in [0.29, 0.717) is 16.3 Å². The molecule has 0 fully saturated rings. The molecule has 1 atom stereocenters. The molecule has 24 heavy (non-hydrogen) atoms. The van der Waals surface area contributed by atoms with Crippen molar-refractivity contribution in [2.75, 3.05) is 11.5 Å². The highest BCUT2D eigenvalue weighted by molar-refractivity contribution is 8.09. The van der Waals surface area contributed by atoms with E-state index < -0.39 is 11.3 Å². The minimum atomic E-state index is -0.648. The lowest BCUT2D eigenvalue weighted by Crippen LogP contribution is -2.33. The molecule has 0 bridgehead atoms. The van der Waals surface area contributed by atoms with Gasteiger partial charge in [-0.1, -0.05) is 23.9 Å². The number of benzene rings is 1. The van der Waals surface area contributed by atoms with Gasteiger partial charge in [-0.2, -0.15) is 0 Å². The van der Waals surface area contributed by atoms with Gasteiger partial charge in [0.1, 0.15) is 22.7 Å². The van der Waals surface area contributed by atoms with E-state index in [2.05, 4.69) is 9.97 Å². The van der Waals surface area contributed by atoms with Gasteiger partial charge in [0, 0.05) is 4.91 Å². The van der Waals surface area contributed by atoms with E-state index in [1.165, 1.54) is 36.4 Å². The van der Waals surface area contributed by atoms with Gasteiger partial charge in [0.15, 0.2) is 6.29 Å². The van der Waals surface area contributed by atoms with Gasteiger partial charge in [-0.15, -0.1) is 0 Å². The lowest BCUT2D eigenvalue weighted by molar-refractivity contribution is -0.138. The number of hydrogen-bond donors (Lipinski definition) is 1. The number of nitrogens with one attached hydrogen (secondary N) is 1. The highest BCUT2D eigenvalue weighted by Crippen LogP contribution is 2.45. The Morgan fingerprint density at radius 2 is 2.21 bits per heavy atom. The first-order valence-electron chi connectivity index (χ1n) is 7.22. The number of H-pyrrole nitrogens is 1. The third-order valence-electron chi connectivity index (χ3n) is 3.38. The summed E-state index contributed by atoms with van der Waals surface area (Å²) in [6.07, 6.45) is 3.71. The van der Waals surface area contributed by atoms with Gasteiger partial charge in [-0.25, -0.2) is 14.2 Å². The van der Waals surface area contributed by atoms with Crippen molar-refractivity contribution in [3.8, 4) is 0 Å². The molecule has 0 saturated carbocycles. The van der Waals surface area contributed by atoms with E-state index in [1.54, 1.807) is 24.0 Å². The molecular formula is C16H14FN3O3S. The molecule has 124 valence electrons. The second kappa shape index (κ2) is 6.88. The smallest absolute Gasteiger partial charge is 0.356 e. The average molecular weight is 347 g/mol. The Hall–Kier alpha value is -2.61. The van der Waals surface area contributed by atoms with E-state index in [9.17, 15) is 14.0 Å². The van der Waals surface area contributed by atoms with Crippen molar-refractivity contribution in [2.24, 2.45) is 0 Å². The van der Waals surface area contributed by atoms with Crippen molar-refractivity contribution < 1.29 is 18.7 Å². The SMILES string of the molecule is CCOC(=O)C1=C(c2ccc(F)cc2)SC(C=O)N1c1cnc[nH]1. The molecule has 0 saturated heterocycles. The largest absolute Gasteiger partial charge is 0.461 e. The van der Waals surface area contributed by atoms with Gasteiger partial charge in [-0.05, 0) is 24.6 Å². The maximum absolute atomic E-state index is 13.2. The van der Waals surface area contributed by atoms with Gasteiger partial charge in [0.25, 0.3) is 0 Å². The predicted octanol–water partition coefficient (Wildman–Crippen LogP) is 2.56. The minimum absolute atomic E-state index is 0.201. The quantitative estimate of drug-likeness (QED) is 0.662. The Bertz CT molecular complexity index is 774. The second-order valence-electron chi connectivity index (χ2n) is 4.86. The van der Waals surface area contributed by atoms with E-state index in [4.69, 9.17) is 4.74 Å². The maximum Gasteiger partial charge on any atom is 0.356 e. The number of nitrogens with zero attached hydrogens (tertiary/aromatic N) is 2. The standard InChI is InChI=1S/C16H14FN3O3S/c1-2-23-16(22)14-15(10-3-5-11(17)6-4-10)24-13(8-21)20(14)12-7-18-9-19-12/h3-9,13H,2H2,1H3,(H,18,19). The third kappa shape index (κ3) is 2.92. The Labute approximate surface area is 141 Å². The molecule has 6 nitrogen and oxygen atoms in total. The van der Waals surface area contributed by atoms with Crippen LogP contribution in [0.4, 0.5) is 10.2 Å². The number of carbonyl (C=O) groups excluding carboxylic acids is 2. The Kier molecular flexibility index (Phi) is 4.66. The van der Waals surface area contributed by atoms with Crippen LogP contribution in [0.1, 0.15) is 12.5 Å². The molecule has 8 heteroatoms. The molecule has 1 aromatic carbocycles. The van der Waals surface area contributed by atoms with Gasteiger partial charge in [-0.3, -0.25) is 4.90 Å². The summed E-state index contributed by atoms with van der Waals surface area (Å²) in [5.74, 6) is -0.430. The number of aromatic amines is 1. The van der Waals surface area contributed by atoms with Crippen LogP contribution in [0.3, 0.4) is 0 Å². The average Bonchev–Trinajstić information content (AvgIpc) is 3.22. The van der Waals surface area contributed by atoms with Crippen LogP contribution in [0, 0.1) is 5.82 Å². The van der Waals surface area contributed by atoms with Crippen molar-refractivity contribution in [1.29, 1.82) is 0 Å². The molecule has 1 unspecified atom stereocenters. The Morgan fingerprint density at radius 1 is 1.46 bits per heavy atom. The summed E-state index contributed by atoms with van der Waals surface area (Å²) in [4.78, 5) is 33.0. The van der Waals surface area contributed by atoms with Crippen LogP contribution in [0.15, 0.2) is 42.5 Å². The Morgan fingerprint density at radius 3 is 2.79 bits per heavy atom. The number of imidazole rings is 1. The van der Waals surface area contributed by atoms with Crippen LogP contribution in [0.2, 0.25) is 0 Å². The zero-order valence-corrected chi connectivity index (χ0v) is 13.5. The molecule has 0 spiro atoms. The molecule has 3 rings (SSSR count). The minimum Gasteiger partial charge on any atom is -0.461 e. The normalized spacial score (nSPS) is 17.2. The first kappa shape index (κ1) is 16.3. The molecule has 1 aliphatic heterocycles. The van der Waals surface area contributed by atoms with Gasteiger partial charge in [0.2, 0.25) is 0 Å². The van der Waals surface area contributed by atoms with Gasteiger partial charge >= 0.3 is 5.97 Å². The lowest BCUT2D eigenvalue weighted by Gasteiger charge is -2.22. The fraction of sp³-hybridized carbons (Fsp3) is 0.188. The zero-order valence-electron chi connectivity index (χ0n) is 12.7. The van der Waals surface area contributed by atoms with Crippen LogP contribution >= 0.6 is 11.8 Å². The predicted molar refractivity (Wildman–Crippen MR) is 88.5 cm³/mol. The van der Waals surface area contributed by atoms with Crippen molar-refractivity contribution in [1.82, 2.24) is 9.97 Å². The van der Waals surface area contributed by atoms with E-state index >= 15 is 0 Å². The fourth-order valence-electron chi connectivity index (χ4n) is 2.39. The summed E-state index contributed by atoms with van der Waals surface area (Å²) in [5.41, 5.74) is 0.869. The van der Waals surface area contributed by atoms with E-state index in [-0.39, 0.29) is 18.1 Å². The summed E-state index contributed by atoms with van der Waals surface area (Å²) in [7, 11) is 0. The fourth-order valence-corrected chi connectivity index (χ4v) is 3.58. The summed E-state index contributed by atoms with van der Waals surface area (Å²) < 4.78 is 18.3. The molecule has 1 aliphatic rings. The second-order valence-corrected chi connectivity index (χ2v) is 5.98. The highest BCUT2D eigenvalue weighted by Gasteiger charge is 2.39. The highest BCUT2D eigenvalue weighted by atomic mass is 32.2. The Balaban J connectivity index is 2.13. The molecule has 1 aromatic heterocycles. The monoisotopic (exact) mass is 347 g/mol. The number of anilines is 1. The summed E-state index contributed by atoms with van der Waals surface area (Å²) >= 11 is 1.20. The van der Waals surface area contributed by atoms with Crippen molar-refractivity contribution >= 4 is 34.7 Å². The van der Waals surface area contributed by atoms with Crippen molar-refractivity contribution in [3.63, 3.8) is 0 Å². The molecule has 0 radical (unpaired) electrons. The van der Waals surface area contributed by atoms with Crippen molar-refractivity contribution in [2.45, 2.75) is 12.3 Å². The maximum atomic E-state index is 13.2. The number of carbonyl (C=O) groups is 2. The number of esters is 1. The number of hydrogen-bond acceptors (Lipinski definition) is 6. The molecule has 0 aliphatic carbocycles. The first-order valence-corrected chi connectivity index (χ1v) is 8.10. The third-order valence-corrected chi connectivity index (χ3v) is 4.61. The first-order chi connectivity index (χ1) is 11.7. The van der Waals surface area contributed by atoms with E-state index in [0.717, 1.165) is 6.29 Å². The molecule has 2 heterocycles. The topological polar surface area (TPSA) is 75.3 Å². The number of halogens is 1. The number of aromatic nitrogens is 2.